The summed E-state index contributed by atoms with van der Waals surface area (Å²) in [7, 11) is 0. The van der Waals surface area contributed by atoms with Gasteiger partial charge in [-0.2, -0.15) is 0 Å². The van der Waals surface area contributed by atoms with Crippen molar-refractivity contribution in [3.8, 4) is 0 Å². The monoisotopic (exact) mass is 369 g/mol. The van der Waals surface area contributed by atoms with E-state index in [-0.39, 0.29) is 17.5 Å². The predicted octanol–water partition coefficient (Wildman–Crippen LogP) is 3.43. The van der Waals surface area contributed by atoms with E-state index in [1.54, 1.807) is 0 Å². The second-order valence-corrected chi connectivity index (χ2v) is 8.53. The molecule has 1 atom stereocenters. The van der Waals surface area contributed by atoms with Crippen LogP contribution in [0.4, 0.5) is 5.13 Å². The highest BCUT2D eigenvalue weighted by Gasteiger charge is 2.25. The fourth-order valence-corrected chi connectivity index (χ4v) is 4.75. The molecule has 132 valence electrons. The summed E-state index contributed by atoms with van der Waals surface area (Å²) in [5.41, 5.74) is 0. The van der Waals surface area contributed by atoms with E-state index in [1.807, 2.05) is 0 Å². The SMILES string of the molecule is O=C(CSc1nnc(NC2CCCCC2)s1)O[C@@H]1CCCCC1=O. The van der Waals surface area contributed by atoms with E-state index >= 15 is 0 Å². The Bertz CT molecular complexity index is 573. The van der Waals surface area contributed by atoms with Crippen molar-refractivity contribution >= 4 is 40.0 Å². The van der Waals surface area contributed by atoms with Crippen molar-refractivity contribution < 1.29 is 14.3 Å². The van der Waals surface area contributed by atoms with Gasteiger partial charge in [0.05, 0.1) is 5.75 Å². The Kier molecular flexibility index (Phi) is 6.48. The van der Waals surface area contributed by atoms with Crippen LogP contribution in [0.2, 0.25) is 0 Å². The number of hydrogen-bond acceptors (Lipinski definition) is 8. The van der Waals surface area contributed by atoms with E-state index in [1.165, 1.54) is 55.2 Å². The molecule has 8 heteroatoms. The summed E-state index contributed by atoms with van der Waals surface area (Å²) in [5.74, 6) is -0.131. The van der Waals surface area contributed by atoms with Crippen molar-refractivity contribution in [2.24, 2.45) is 0 Å². The number of rotatable bonds is 6. The van der Waals surface area contributed by atoms with Gasteiger partial charge in [0.15, 0.2) is 16.2 Å². The van der Waals surface area contributed by atoms with E-state index in [9.17, 15) is 9.59 Å². The van der Waals surface area contributed by atoms with E-state index in [4.69, 9.17) is 4.74 Å². The average Bonchev–Trinajstić information content (AvgIpc) is 3.03. The molecule has 1 N–H and O–H groups in total. The zero-order chi connectivity index (χ0) is 16.8. The molecule has 1 heterocycles. The number of carbonyl (C=O) groups is 2. The number of aromatic nitrogens is 2. The molecule has 2 aliphatic carbocycles. The number of hydrogen-bond donors (Lipinski definition) is 1. The number of carbonyl (C=O) groups excluding carboxylic acids is 2. The van der Waals surface area contributed by atoms with Gasteiger partial charge in [0.2, 0.25) is 5.13 Å². The summed E-state index contributed by atoms with van der Waals surface area (Å²) < 4.78 is 6.04. The summed E-state index contributed by atoms with van der Waals surface area (Å²) in [5, 5.41) is 12.5. The summed E-state index contributed by atoms with van der Waals surface area (Å²) in [4.78, 5) is 23.6. The highest BCUT2D eigenvalue weighted by molar-refractivity contribution is 8.01. The molecule has 1 aromatic heterocycles. The molecule has 2 aliphatic rings. The first-order valence-electron chi connectivity index (χ1n) is 8.66. The van der Waals surface area contributed by atoms with Crippen molar-refractivity contribution in [2.45, 2.75) is 74.3 Å². The molecule has 0 aromatic carbocycles. The Morgan fingerprint density at radius 3 is 2.75 bits per heavy atom. The number of ether oxygens (including phenoxy) is 1. The molecule has 3 rings (SSSR count). The highest BCUT2D eigenvalue weighted by atomic mass is 32.2. The van der Waals surface area contributed by atoms with Crippen LogP contribution in [0, 0.1) is 0 Å². The van der Waals surface area contributed by atoms with Gasteiger partial charge in [-0.15, -0.1) is 10.2 Å². The minimum absolute atomic E-state index is 0.0504. The minimum atomic E-state index is -0.537. The summed E-state index contributed by atoms with van der Waals surface area (Å²) in [6.45, 7) is 0. The maximum Gasteiger partial charge on any atom is 0.317 e. The molecular weight excluding hydrogens is 346 g/mol. The van der Waals surface area contributed by atoms with Crippen molar-refractivity contribution in [3.05, 3.63) is 0 Å². The molecule has 1 aromatic rings. The van der Waals surface area contributed by atoms with Crippen LogP contribution in [0.3, 0.4) is 0 Å². The largest absolute Gasteiger partial charge is 0.454 e. The van der Waals surface area contributed by atoms with Crippen LogP contribution in [-0.4, -0.2) is 39.8 Å². The standard InChI is InChI=1S/C16H23N3O3S2/c20-12-8-4-5-9-13(12)22-14(21)10-23-16-19-18-15(24-16)17-11-6-2-1-3-7-11/h11,13H,1-10H2,(H,17,18)/t13-/m1/s1. The smallest absolute Gasteiger partial charge is 0.317 e. The normalized spacial score (nSPS) is 22.3. The molecule has 2 fully saturated rings. The first-order valence-corrected chi connectivity index (χ1v) is 10.5. The van der Waals surface area contributed by atoms with Gasteiger partial charge in [-0.1, -0.05) is 42.4 Å². The Morgan fingerprint density at radius 1 is 1.17 bits per heavy atom. The van der Waals surface area contributed by atoms with Crippen LogP contribution in [0.25, 0.3) is 0 Å². The Balaban J connectivity index is 1.41. The Morgan fingerprint density at radius 2 is 1.96 bits per heavy atom. The molecule has 0 bridgehead atoms. The maximum absolute atomic E-state index is 11.9. The van der Waals surface area contributed by atoms with E-state index in [2.05, 4.69) is 15.5 Å². The molecule has 0 unspecified atom stereocenters. The zero-order valence-corrected chi connectivity index (χ0v) is 15.3. The van der Waals surface area contributed by atoms with Crippen LogP contribution < -0.4 is 5.32 Å². The van der Waals surface area contributed by atoms with E-state index in [0.29, 0.717) is 18.9 Å². The number of Topliss-reactive ketones (excluding diaryl/α,β-unsaturated/α-hetero) is 1. The van der Waals surface area contributed by atoms with Crippen molar-refractivity contribution in [3.63, 3.8) is 0 Å². The average molecular weight is 370 g/mol. The fourth-order valence-electron chi connectivity index (χ4n) is 3.14. The first-order chi connectivity index (χ1) is 11.7. The second-order valence-electron chi connectivity index (χ2n) is 6.33. The van der Waals surface area contributed by atoms with Crippen molar-refractivity contribution in [1.82, 2.24) is 10.2 Å². The second kappa shape index (κ2) is 8.80. The fraction of sp³-hybridized carbons (Fsp3) is 0.750. The Labute approximate surface area is 150 Å². The summed E-state index contributed by atoms with van der Waals surface area (Å²) in [6.07, 6.45) is 8.72. The number of nitrogens with zero attached hydrogens (tertiary/aromatic N) is 2. The van der Waals surface area contributed by atoms with Crippen LogP contribution in [0.15, 0.2) is 4.34 Å². The van der Waals surface area contributed by atoms with Crippen molar-refractivity contribution in [2.75, 3.05) is 11.1 Å². The third-order valence-corrected chi connectivity index (χ3v) is 6.39. The molecule has 24 heavy (non-hydrogen) atoms. The number of esters is 1. The number of ketones is 1. The number of anilines is 1. The lowest BCUT2D eigenvalue weighted by molar-refractivity contribution is -0.154. The van der Waals surface area contributed by atoms with Gasteiger partial charge in [-0.25, -0.2) is 0 Å². The summed E-state index contributed by atoms with van der Waals surface area (Å²) in [6, 6.07) is 0.492. The molecule has 0 saturated heterocycles. The molecule has 0 amide bonds. The lowest BCUT2D eigenvalue weighted by Crippen LogP contribution is -2.30. The van der Waals surface area contributed by atoms with Gasteiger partial charge in [0.25, 0.3) is 0 Å². The molecular formula is C16H23N3O3S2. The number of nitrogens with one attached hydrogen (secondary N) is 1. The third kappa shape index (κ3) is 5.17. The first kappa shape index (κ1) is 17.7. The maximum atomic E-state index is 11.9. The highest BCUT2D eigenvalue weighted by Crippen LogP contribution is 2.28. The Hall–Kier alpha value is -1.15. The van der Waals surface area contributed by atoms with E-state index < -0.39 is 6.10 Å². The number of thioether (sulfide) groups is 1. The third-order valence-electron chi connectivity index (χ3n) is 4.43. The molecule has 0 radical (unpaired) electrons. The van der Waals surface area contributed by atoms with Crippen LogP contribution in [0.5, 0.6) is 0 Å². The van der Waals surface area contributed by atoms with Gasteiger partial charge in [0, 0.05) is 12.5 Å². The van der Waals surface area contributed by atoms with Gasteiger partial charge >= 0.3 is 5.97 Å². The lowest BCUT2D eigenvalue weighted by Gasteiger charge is -2.21. The van der Waals surface area contributed by atoms with Gasteiger partial charge in [-0.05, 0) is 32.1 Å². The van der Waals surface area contributed by atoms with Crippen LogP contribution >= 0.6 is 23.1 Å². The topological polar surface area (TPSA) is 81.2 Å². The minimum Gasteiger partial charge on any atom is -0.454 e. The van der Waals surface area contributed by atoms with Gasteiger partial charge in [0.1, 0.15) is 0 Å². The van der Waals surface area contributed by atoms with Crippen LogP contribution in [-0.2, 0) is 14.3 Å². The van der Waals surface area contributed by atoms with E-state index in [0.717, 1.165) is 22.3 Å². The summed E-state index contributed by atoms with van der Waals surface area (Å²) >= 11 is 2.79. The quantitative estimate of drug-likeness (QED) is 0.608. The zero-order valence-electron chi connectivity index (χ0n) is 13.7. The molecule has 6 nitrogen and oxygen atoms in total. The van der Waals surface area contributed by atoms with Gasteiger partial charge < -0.3 is 10.1 Å². The predicted molar refractivity (Wildman–Crippen MR) is 94.5 cm³/mol. The molecule has 2 saturated carbocycles. The van der Waals surface area contributed by atoms with Crippen LogP contribution in [0.1, 0.15) is 57.8 Å². The molecule has 0 spiro atoms. The molecule has 0 aliphatic heterocycles. The van der Waals surface area contributed by atoms with Gasteiger partial charge in [-0.3, -0.25) is 9.59 Å². The lowest BCUT2D eigenvalue weighted by atomic mass is 9.96. The van der Waals surface area contributed by atoms with Crippen molar-refractivity contribution in [1.29, 1.82) is 0 Å².